The second-order valence-corrected chi connectivity index (χ2v) is 3.83. The highest BCUT2D eigenvalue weighted by Gasteiger charge is 2.04. The Bertz CT molecular complexity index is 686. The van der Waals surface area contributed by atoms with Gasteiger partial charge in [0.15, 0.2) is 11.2 Å². The van der Waals surface area contributed by atoms with Gasteiger partial charge in [0.1, 0.15) is 0 Å². The van der Waals surface area contributed by atoms with Crippen LogP contribution in [-0.4, -0.2) is 10.1 Å². The molecule has 0 saturated heterocycles. The van der Waals surface area contributed by atoms with Gasteiger partial charge >= 0.3 is 0 Å². The molecule has 0 saturated carbocycles. The molecule has 0 aliphatic rings. The van der Waals surface area contributed by atoms with Gasteiger partial charge in [0.25, 0.3) is 5.56 Å². The lowest BCUT2D eigenvalue weighted by Gasteiger charge is -1.99. The minimum Gasteiger partial charge on any atom is -0.503 e. The Morgan fingerprint density at radius 3 is 2.38 bits per heavy atom. The first-order valence-electron chi connectivity index (χ1n) is 4.86. The molecule has 1 heterocycles. The van der Waals surface area contributed by atoms with Gasteiger partial charge in [-0.3, -0.25) is 9.59 Å². The van der Waals surface area contributed by atoms with Crippen molar-refractivity contribution in [1.82, 2.24) is 4.98 Å². The van der Waals surface area contributed by atoms with Crippen LogP contribution in [0.5, 0.6) is 5.75 Å². The molecule has 0 aliphatic carbocycles. The summed E-state index contributed by atoms with van der Waals surface area (Å²) in [5.74, 6) is -0.559. The SMILES string of the molecule is Cc1cc2[nH]c(=O)c(O)cc(=O)c2cc1C. The Morgan fingerprint density at radius 2 is 1.69 bits per heavy atom. The molecule has 16 heavy (non-hydrogen) atoms. The zero-order valence-corrected chi connectivity index (χ0v) is 9.00. The Balaban J connectivity index is 3.10. The molecule has 2 aromatic rings. The molecule has 2 rings (SSSR count). The van der Waals surface area contributed by atoms with Gasteiger partial charge in [-0.05, 0) is 37.1 Å². The van der Waals surface area contributed by atoms with E-state index in [-0.39, 0.29) is 5.43 Å². The Kier molecular flexibility index (Phi) is 2.27. The molecule has 0 spiro atoms. The van der Waals surface area contributed by atoms with E-state index in [0.29, 0.717) is 10.9 Å². The van der Waals surface area contributed by atoms with E-state index in [0.717, 1.165) is 17.2 Å². The molecule has 0 radical (unpaired) electrons. The van der Waals surface area contributed by atoms with E-state index in [1.165, 1.54) is 0 Å². The first kappa shape index (κ1) is 10.4. The van der Waals surface area contributed by atoms with Gasteiger partial charge in [0, 0.05) is 11.5 Å². The highest BCUT2D eigenvalue weighted by atomic mass is 16.3. The van der Waals surface area contributed by atoms with Crippen LogP contribution >= 0.6 is 0 Å². The van der Waals surface area contributed by atoms with Gasteiger partial charge in [0.05, 0.1) is 5.52 Å². The van der Waals surface area contributed by atoms with Gasteiger partial charge in [-0.25, -0.2) is 0 Å². The number of H-pyrrole nitrogens is 1. The smallest absolute Gasteiger partial charge is 0.290 e. The fourth-order valence-electron chi connectivity index (χ4n) is 1.58. The third kappa shape index (κ3) is 1.58. The standard InChI is InChI=1S/C12H11NO3/c1-6-3-8-9(4-7(6)2)13-12(16)11(15)5-10(8)14/h3-5,15H,1-2H3,(H,13,16). The van der Waals surface area contributed by atoms with Crippen LogP contribution in [0.4, 0.5) is 0 Å². The number of aromatic amines is 1. The van der Waals surface area contributed by atoms with Crippen molar-refractivity contribution in [1.29, 1.82) is 0 Å². The van der Waals surface area contributed by atoms with Crippen LogP contribution in [0.1, 0.15) is 11.1 Å². The van der Waals surface area contributed by atoms with E-state index >= 15 is 0 Å². The molecule has 4 heteroatoms. The van der Waals surface area contributed by atoms with E-state index in [1.807, 2.05) is 13.8 Å². The number of hydrogen-bond donors (Lipinski definition) is 2. The normalized spacial score (nSPS) is 10.6. The number of aryl methyl sites for hydroxylation is 2. The fourth-order valence-corrected chi connectivity index (χ4v) is 1.58. The topological polar surface area (TPSA) is 70.2 Å². The maximum Gasteiger partial charge on any atom is 0.290 e. The number of nitrogens with one attached hydrogen (secondary N) is 1. The minimum atomic E-state index is -0.657. The average molecular weight is 217 g/mol. The molecule has 0 amide bonds. The van der Waals surface area contributed by atoms with Crippen LogP contribution in [0.25, 0.3) is 10.9 Å². The molecular formula is C12H11NO3. The third-order valence-electron chi connectivity index (χ3n) is 2.65. The first-order chi connectivity index (χ1) is 7.49. The number of fused-ring (bicyclic) bond motifs is 1. The van der Waals surface area contributed by atoms with Crippen LogP contribution in [-0.2, 0) is 0 Å². The first-order valence-corrected chi connectivity index (χ1v) is 4.86. The zero-order valence-electron chi connectivity index (χ0n) is 9.00. The van der Waals surface area contributed by atoms with Gasteiger partial charge in [0.2, 0.25) is 0 Å². The molecule has 0 fully saturated rings. The second-order valence-electron chi connectivity index (χ2n) is 3.83. The lowest BCUT2D eigenvalue weighted by atomic mass is 10.1. The van der Waals surface area contributed by atoms with Crippen molar-refractivity contribution in [2.24, 2.45) is 0 Å². The monoisotopic (exact) mass is 217 g/mol. The summed E-state index contributed by atoms with van der Waals surface area (Å²) >= 11 is 0. The summed E-state index contributed by atoms with van der Waals surface area (Å²) in [6.07, 6.45) is 0. The van der Waals surface area contributed by atoms with E-state index in [9.17, 15) is 14.7 Å². The van der Waals surface area contributed by atoms with Crippen LogP contribution in [0.3, 0.4) is 0 Å². The molecule has 0 unspecified atom stereocenters. The molecule has 1 aromatic carbocycles. The van der Waals surface area contributed by atoms with E-state index < -0.39 is 11.3 Å². The maximum atomic E-state index is 11.7. The number of aromatic hydroxyl groups is 1. The van der Waals surface area contributed by atoms with E-state index in [1.54, 1.807) is 12.1 Å². The number of hydrogen-bond acceptors (Lipinski definition) is 3. The number of rotatable bonds is 0. The summed E-state index contributed by atoms with van der Waals surface area (Å²) in [6.45, 7) is 3.78. The van der Waals surface area contributed by atoms with Crippen molar-refractivity contribution in [2.45, 2.75) is 13.8 Å². The Hall–Kier alpha value is -2.10. The molecule has 2 N–H and O–H groups in total. The summed E-state index contributed by atoms with van der Waals surface area (Å²) < 4.78 is 0. The summed E-state index contributed by atoms with van der Waals surface area (Å²) in [4.78, 5) is 25.5. The van der Waals surface area contributed by atoms with E-state index in [4.69, 9.17) is 0 Å². The highest BCUT2D eigenvalue weighted by molar-refractivity contribution is 5.79. The van der Waals surface area contributed by atoms with Crippen LogP contribution in [0.15, 0.2) is 27.8 Å². The second kappa shape index (κ2) is 3.48. The quantitative estimate of drug-likeness (QED) is 0.696. The lowest BCUT2D eigenvalue weighted by molar-refractivity contribution is 0.468. The largest absolute Gasteiger partial charge is 0.503 e. The molecule has 82 valence electrons. The summed E-state index contributed by atoms with van der Waals surface area (Å²) in [5.41, 5.74) is 1.37. The number of aromatic nitrogens is 1. The van der Waals surface area contributed by atoms with Crippen molar-refractivity contribution < 1.29 is 5.11 Å². The van der Waals surface area contributed by atoms with Gasteiger partial charge in [-0.15, -0.1) is 0 Å². The van der Waals surface area contributed by atoms with Crippen LogP contribution in [0.2, 0.25) is 0 Å². The van der Waals surface area contributed by atoms with Crippen molar-refractivity contribution in [3.05, 3.63) is 49.9 Å². The van der Waals surface area contributed by atoms with Gasteiger partial charge in [-0.2, -0.15) is 0 Å². The predicted octanol–water partition coefficient (Wildman–Crippen LogP) is 1.21. The van der Waals surface area contributed by atoms with Gasteiger partial charge < -0.3 is 10.1 Å². The molecule has 0 aliphatic heterocycles. The van der Waals surface area contributed by atoms with Crippen molar-refractivity contribution in [2.75, 3.05) is 0 Å². The molecular weight excluding hydrogens is 206 g/mol. The van der Waals surface area contributed by atoms with Gasteiger partial charge in [-0.1, -0.05) is 0 Å². The zero-order chi connectivity index (χ0) is 11.9. The summed E-state index contributed by atoms with van der Waals surface area (Å²) in [7, 11) is 0. The van der Waals surface area contributed by atoms with Crippen LogP contribution < -0.4 is 11.0 Å². The predicted molar refractivity (Wildman–Crippen MR) is 62.0 cm³/mol. The molecule has 0 bridgehead atoms. The summed E-state index contributed by atoms with van der Waals surface area (Å²) in [5, 5.41) is 9.67. The molecule has 4 nitrogen and oxygen atoms in total. The van der Waals surface area contributed by atoms with Crippen molar-refractivity contribution in [3.63, 3.8) is 0 Å². The third-order valence-corrected chi connectivity index (χ3v) is 2.65. The Morgan fingerprint density at radius 1 is 1.06 bits per heavy atom. The minimum absolute atomic E-state index is 0.367. The number of benzene rings is 1. The highest BCUT2D eigenvalue weighted by Crippen LogP contribution is 2.13. The van der Waals surface area contributed by atoms with Crippen molar-refractivity contribution >= 4 is 10.9 Å². The average Bonchev–Trinajstić information content (AvgIpc) is 2.30. The maximum absolute atomic E-state index is 11.7. The van der Waals surface area contributed by atoms with E-state index in [2.05, 4.69) is 4.98 Å². The Labute approximate surface area is 91.2 Å². The lowest BCUT2D eigenvalue weighted by Crippen LogP contribution is -2.00. The summed E-state index contributed by atoms with van der Waals surface area (Å²) in [6, 6.07) is 4.38. The molecule has 1 aromatic heterocycles. The fraction of sp³-hybridized carbons (Fsp3) is 0.167. The van der Waals surface area contributed by atoms with Crippen LogP contribution in [0, 0.1) is 13.8 Å². The van der Waals surface area contributed by atoms with Crippen molar-refractivity contribution in [3.8, 4) is 5.75 Å². The molecule has 0 atom stereocenters.